The lowest BCUT2D eigenvalue weighted by Gasteiger charge is -2.34. The molecule has 3 heterocycles. The fraction of sp³-hybridized carbons (Fsp3) is 0.238. The first-order valence-electron chi connectivity index (χ1n) is 9.03. The van der Waals surface area contributed by atoms with Crippen molar-refractivity contribution in [3.63, 3.8) is 0 Å². The summed E-state index contributed by atoms with van der Waals surface area (Å²) in [4.78, 5) is 36.3. The zero-order valence-corrected chi connectivity index (χ0v) is 15.1. The summed E-state index contributed by atoms with van der Waals surface area (Å²) in [7, 11) is 0. The van der Waals surface area contributed by atoms with Crippen LogP contribution in [0.4, 0.5) is 5.95 Å². The van der Waals surface area contributed by atoms with E-state index in [9.17, 15) is 9.59 Å². The minimum atomic E-state index is -0.404. The molecule has 27 heavy (non-hydrogen) atoms. The molecule has 3 aromatic rings. The van der Waals surface area contributed by atoms with Gasteiger partial charge in [0.05, 0.1) is 11.7 Å². The van der Waals surface area contributed by atoms with Gasteiger partial charge >= 0.3 is 0 Å². The molecule has 0 aliphatic carbocycles. The second-order valence-electron chi connectivity index (χ2n) is 6.62. The molecule has 0 bridgehead atoms. The lowest BCUT2D eigenvalue weighted by Crippen LogP contribution is -2.46. The fourth-order valence-electron chi connectivity index (χ4n) is 3.45. The maximum Gasteiger partial charge on any atom is 0.255 e. The summed E-state index contributed by atoms with van der Waals surface area (Å²) in [6, 6.07) is 14.0. The monoisotopic (exact) mass is 360 g/mol. The van der Waals surface area contributed by atoms with Crippen LogP contribution in [0, 0.1) is 0 Å². The van der Waals surface area contributed by atoms with Crippen LogP contribution in [0.15, 0.2) is 65.7 Å². The summed E-state index contributed by atoms with van der Waals surface area (Å²) in [5.74, 6) is 0.574. The quantitative estimate of drug-likeness (QED) is 0.669. The van der Waals surface area contributed by atoms with Crippen LogP contribution in [-0.4, -0.2) is 32.9 Å². The van der Waals surface area contributed by atoms with Crippen LogP contribution in [-0.2, 0) is 6.54 Å². The third-order valence-corrected chi connectivity index (χ3v) is 4.91. The molecule has 6 nitrogen and oxygen atoms in total. The van der Waals surface area contributed by atoms with Crippen LogP contribution in [0.5, 0.6) is 0 Å². The number of fused-ring (bicyclic) bond motifs is 1. The third-order valence-electron chi connectivity index (χ3n) is 4.91. The van der Waals surface area contributed by atoms with E-state index in [2.05, 4.69) is 4.98 Å². The van der Waals surface area contributed by atoms with E-state index in [0.29, 0.717) is 30.3 Å². The highest BCUT2D eigenvalue weighted by Gasteiger charge is 2.29. The van der Waals surface area contributed by atoms with E-state index in [4.69, 9.17) is 4.98 Å². The lowest BCUT2D eigenvalue weighted by molar-refractivity contribution is 0.0961. The maximum absolute atomic E-state index is 12.9. The molecule has 4 rings (SSSR count). The molecule has 1 unspecified atom stereocenters. The van der Waals surface area contributed by atoms with Gasteiger partial charge in [-0.2, -0.15) is 0 Å². The van der Waals surface area contributed by atoms with Crippen LogP contribution in [0.3, 0.4) is 0 Å². The van der Waals surface area contributed by atoms with E-state index in [1.165, 1.54) is 0 Å². The number of benzene rings is 1. The number of nitrogens with zero attached hydrogens (tertiary/aromatic N) is 4. The van der Waals surface area contributed by atoms with Crippen molar-refractivity contribution < 1.29 is 4.79 Å². The second kappa shape index (κ2) is 7.15. The number of carbonyl (C=O) groups excluding carboxylic acids is 1. The second-order valence-corrected chi connectivity index (χ2v) is 6.62. The Bertz CT molecular complexity index is 1020. The van der Waals surface area contributed by atoms with Crippen LogP contribution in [0.2, 0.25) is 0 Å². The molecule has 0 N–H and O–H groups in total. The van der Waals surface area contributed by atoms with Gasteiger partial charge in [-0.25, -0.2) is 4.98 Å². The summed E-state index contributed by atoms with van der Waals surface area (Å²) in [5, 5.41) is 0. The number of aromatic nitrogens is 3. The molecule has 0 fully saturated rings. The lowest BCUT2D eigenvalue weighted by atomic mass is 10.0. The zero-order chi connectivity index (χ0) is 18.8. The maximum atomic E-state index is 12.9. The molecule has 0 radical (unpaired) electrons. The molecule has 1 aliphatic rings. The van der Waals surface area contributed by atoms with Gasteiger partial charge in [-0.3, -0.25) is 19.1 Å². The fourth-order valence-corrected chi connectivity index (χ4v) is 3.45. The molecule has 0 spiro atoms. The Morgan fingerprint density at radius 2 is 1.81 bits per heavy atom. The van der Waals surface area contributed by atoms with Crippen molar-refractivity contribution in [2.24, 2.45) is 0 Å². The number of rotatable bonds is 4. The van der Waals surface area contributed by atoms with E-state index in [0.717, 1.165) is 12.0 Å². The smallest absolute Gasteiger partial charge is 0.255 e. The average Bonchev–Trinajstić information content (AvgIpc) is 2.73. The molecule has 6 heteroatoms. The number of Topliss-reactive ketones (excluding diaryl/α,β-unsaturated/α-hetero) is 1. The molecular formula is C21H20N4O2. The van der Waals surface area contributed by atoms with Gasteiger partial charge < -0.3 is 4.90 Å². The Kier molecular flexibility index (Phi) is 4.54. The van der Waals surface area contributed by atoms with Crippen LogP contribution in [0.1, 0.15) is 23.7 Å². The van der Waals surface area contributed by atoms with Gasteiger partial charge in [-0.15, -0.1) is 0 Å². The van der Waals surface area contributed by atoms with Gasteiger partial charge in [0.2, 0.25) is 5.95 Å². The Morgan fingerprint density at radius 1 is 1.07 bits per heavy atom. The van der Waals surface area contributed by atoms with Crippen molar-refractivity contribution in [3.05, 3.63) is 76.8 Å². The summed E-state index contributed by atoms with van der Waals surface area (Å²) >= 11 is 0. The van der Waals surface area contributed by atoms with Crippen molar-refractivity contribution in [1.29, 1.82) is 0 Å². The van der Waals surface area contributed by atoms with Crippen LogP contribution >= 0.6 is 0 Å². The first-order valence-corrected chi connectivity index (χ1v) is 9.03. The highest BCUT2D eigenvalue weighted by molar-refractivity contribution is 6.01. The number of hydrogen-bond acceptors (Lipinski definition) is 5. The summed E-state index contributed by atoms with van der Waals surface area (Å²) in [5.41, 5.74) is 1.99. The van der Waals surface area contributed by atoms with E-state index in [1.54, 1.807) is 23.0 Å². The number of pyridine rings is 1. The topological polar surface area (TPSA) is 68.1 Å². The first-order chi connectivity index (χ1) is 13.1. The van der Waals surface area contributed by atoms with Gasteiger partial charge in [-0.1, -0.05) is 30.3 Å². The molecule has 136 valence electrons. The predicted molar refractivity (Wildman–Crippen MR) is 104 cm³/mol. The molecule has 1 aromatic carbocycles. The van der Waals surface area contributed by atoms with Gasteiger partial charge in [-0.05, 0) is 25.5 Å². The van der Waals surface area contributed by atoms with E-state index < -0.39 is 6.04 Å². The van der Waals surface area contributed by atoms with E-state index >= 15 is 0 Å². The van der Waals surface area contributed by atoms with E-state index in [-0.39, 0.29) is 11.3 Å². The largest absolute Gasteiger partial charge is 0.332 e. The van der Waals surface area contributed by atoms with Gasteiger partial charge in [0, 0.05) is 42.7 Å². The predicted octanol–water partition coefficient (Wildman–Crippen LogP) is 2.79. The minimum Gasteiger partial charge on any atom is -0.332 e. The van der Waals surface area contributed by atoms with Crippen molar-refractivity contribution >= 4 is 11.7 Å². The number of carbonyl (C=O) groups is 1. The van der Waals surface area contributed by atoms with E-state index in [1.807, 2.05) is 54.3 Å². The summed E-state index contributed by atoms with van der Waals surface area (Å²) < 4.78 is 1.66. The number of hydrogen-bond donors (Lipinski definition) is 0. The molecule has 0 saturated heterocycles. The molecule has 1 aliphatic heterocycles. The number of ketones is 1. The van der Waals surface area contributed by atoms with Gasteiger partial charge in [0.15, 0.2) is 5.78 Å². The first kappa shape index (κ1) is 17.1. The molecule has 0 amide bonds. The highest BCUT2D eigenvalue weighted by atomic mass is 16.1. The van der Waals surface area contributed by atoms with Crippen molar-refractivity contribution in [3.8, 4) is 11.3 Å². The molecule has 2 aromatic heterocycles. The van der Waals surface area contributed by atoms with Crippen LogP contribution in [0.25, 0.3) is 11.3 Å². The number of anilines is 1. The average molecular weight is 360 g/mol. The highest BCUT2D eigenvalue weighted by Crippen LogP contribution is 2.24. The van der Waals surface area contributed by atoms with Crippen LogP contribution < -0.4 is 10.5 Å². The van der Waals surface area contributed by atoms with Crippen molar-refractivity contribution in [2.45, 2.75) is 25.9 Å². The Morgan fingerprint density at radius 3 is 2.56 bits per heavy atom. The summed E-state index contributed by atoms with van der Waals surface area (Å²) in [6.45, 7) is 3.17. The third kappa shape index (κ3) is 3.26. The SMILES string of the molecule is CC(C(=O)c1ccccc1)N1CCCn2c1nc(-c1ccncc1)cc2=O. The van der Waals surface area contributed by atoms with Gasteiger partial charge in [0.25, 0.3) is 5.56 Å². The Labute approximate surface area is 157 Å². The minimum absolute atomic E-state index is 0.0209. The zero-order valence-electron chi connectivity index (χ0n) is 15.1. The standard InChI is InChI=1S/C21H20N4O2/c1-15(20(27)17-6-3-2-4-7-17)24-12-5-13-25-19(26)14-18(23-21(24)25)16-8-10-22-11-9-16/h2-4,6-11,14-15H,5,12-13H2,1H3. The molecule has 1 atom stereocenters. The van der Waals surface area contributed by atoms with Crippen molar-refractivity contribution in [2.75, 3.05) is 11.4 Å². The van der Waals surface area contributed by atoms with Gasteiger partial charge in [0.1, 0.15) is 0 Å². The Hall–Kier alpha value is -3.28. The molecule has 0 saturated carbocycles. The Balaban J connectivity index is 1.75. The summed E-state index contributed by atoms with van der Waals surface area (Å²) in [6.07, 6.45) is 4.15. The normalized spacial score (nSPS) is 14.5. The van der Waals surface area contributed by atoms with Crippen molar-refractivity contribution in [1.82, 2.24) is 14.5 Å². The molecular weight excluding hydrogens is 340 g/mol.